The molecule has 1 aliphatic carbocycles. The van der Waals surface area contributed by atoms with E-state index in [0.717, 1.165) is 30.5 Å². The Balaban J connectivity index is 1.84. The highest BCUT2D eigenvalue weighted by Gasteiger charge is 2.18. The van der Waals surface area contributed by atoms with Gasteiger partial charge in [0.2, 0.25) is 5.82 Å². The minimum Gasteiger partial charge on any atom is -0.394 e. The summed E-state index contributed by atoms with van der Waals surface area (Å²) in [6, 6.07) is 0. The van der Waals surface area contributed by atoms with Gasteiger partial charge < -0.3 is 15.6 Å². The van der Waals surface area contributed by atoms with Crippen LogP contribution >= 0.6 is 0 Å². The maximum atomic E-state index is 11.5. The second-order valence-electron chi connectivity index (χ2n) is 5.38. The van der Waals surface area contributed by atoms with Gasteiger partial charge in [-0.05, 0) is 31.3 Å². The fourth-order valence-corrected chi connectivity index (χ4v) is 2.49. The summed E-state index contributed by atoms with van der Waals surface area (Å²) in [5, 5.41) is 21.1. The van der Waals surface area contributed by atoms with Crippen LogP contribution in [-0.4, -0.2) is 54.0 Å². The lowest BCUT2D eigenvalue weighted by atomic mass is 9.98. The molecule has 0 bridgehead atoms. The van der Waals surface area contributed by atoms with E-state index in [-0.39, 0.29) is 31.7 Å². The van der Waals surface area contributed by atoms with Gasteiger partial charge in [-0.2, -0.15) is 9.67 Å². The van der Waals surface area contributed by atoms with E-state index in [0.29, 0.717) is 0 Å². The molecule has 0 radical (unpaired) electrons. The van der Waals surface area contributed by atoms with E-state index in [4.69, 9.17) is 15.6 Å². The second-order valence-corrected chi connectivity index (χ2v) is 5.38. The molecule has 3 rings (SSSR count). The van der Waals surface area contributed by atoms with Crippen LogP contribution in [0.5, 0.6) is 0 Å². The Kier molecular flexibility index (Phi) is 4.96. The second kappa shape index (κ2) is 7.32. The van der Waals surface area contributed by atoms with Crippen molar-refractivity contribution in [1.82, 2.24) is 29.8 Å². The molecule has 0 aromatic carbocycles. The van der Waals surface area contributed by atoms with E-state index in [9.17, 15) is 4.79 Å². The quantitative estimate of drug-likeness (QED) is 0.675. The predicted octanol–water partition coefficient (Wildman–Crippen LogP) is -0.119. The molecule has 2 heterocycles. The number of nitrogens with two attached hydrogens (primary N) is 1. The summed E-state index contributed by atoms with van der Waals surface area (Å²) in [5.74, 6) is -0.583. The molecule has 0 unspecified atom stereocenters. The lowest BCUT2D eigenvalue weighted by Gasteiger charge is -2.08. The predicted molar refractivity (Wildman–Crippen MR) is 82.9 cm³/mol. The molecule has 2 aromatic rings. The fourth-order valence-electron chi connectivity index (χ4n) is 2.49. The van der Waals surface area contributed by atoms with Gasteiger partial charge in [0.15, 0.2) is 0 Å². The zero-order chi connectivity index (χ0) is 16.9. The summed E-state index contributed by atoms with van der Waals surface area (Å²) in [4.78, 5) is 15.6. The summed E-state index contributed by atoms with van der Waals surface area (Å²) in [6.45, 7) is -0.0530. The summed E-state index contributed by atoms with van der Waals surface area (Å²) >= 11 is 0. The highest BCUT2D eigenvalue weighted by atomic mass is 16.5. The first-order chi connectivity index (χ1) is 11.7. The van der Waals surface area contributed by atoms with Crippen molar-refractivity contribution >= 4 is 11.5 Å². The molecule has 1 aliphatic rings. The van der Waals surface area contributed by atoms with Crippen LogP contribution in [-0.2, 0) is 11.5 Å². The van der Waals surface area contributed by atoms with Gasteiger partial charge in [0, 0.05) is 0 Å². The number of allylic oxidation sites excluding steroid dienone is 2. The van der Waals surface area contributed by atoms with Gasteiger partial charge in [-0.15, -0.1) is 10.2 Å². The summed E-state index contributed by atoms with van der Waals surface area (Å²) in [5.41, 5.74) is 7.25. The number of hydrogen-bond acceptors (Lipinski definition) is 7. The van der Waals surface area contributed by atoms with Crippen molar-refractivity contribution in [3.05, 3.63) is 23.8 Å². The molecule has 0 saturated carbocycles. The van der Waals surface area contributed by atoms with E-state index in [2.05, 4.69) is 26.5 Å². The summed E-state index contributed by atoms with van der Waals surface area (Å²) in [6.07, 6.45) is 8.25. The number of rotatable bonds is 7. The topological polar surface area (TPSA) is 134 Å². The van der Waals surface area contributed by atoms with Crippen molar-refractivity contribution in [2.24, 2.45) is 5.73 Å². The van der Waals surface area contributed by atoms with Crippen molar-refractivity contribution in [3.8, 4) is 5.95 Å². The molecule has 0 spiro atoms. The molecule has 0 saturated heterocycles. The number of primary amides is 1. The van der Waals surface area contributed by atoms with Crippen molar-refractivity contribution in [3.63, 3.8) is 0 Å². The summed E-state index contributed by atoms with van der Waals surface area (Å²) in [7, 11) is 0. The van der Waals surface area contributed by atoms with Gasteiger partial charge in [-0.1, -0.05) is 11.3 Å². The largest absolute Gasteiger partial charge is 0.394 e. The zero-order valence-corrected chi connectivity index (χ0v) is 13.1. The third kappa shape index (κ3) is 3.49. The SMILES string of the molecule is NC(=O)c1nc(-n2cc(C3=CCCCC3)nn2)nn1COCCO. The number of amides is 1. The molecule has 1 amide bonds. The van der Waals surface area contributed by atoms with E-state index in [1.807, 2.05) is 0 Å². The van der Waals surface area contributed by atoms with Crippen LogP contribution in [0.4, 0.5) is 0 Å². The van der Waals surface area contributed by atoms with Crippen LogP contribution in [0.15, 0.2) is 12.3 Å². The van der Waals surface area contributed by atoms with Crippen LogP contribution < -0.4 is 5.73 Å². The lowest BCUT2D eigenvalue weighted by Crippen LogP contribution is -2.20. The fraction of sp³-hybridized carbons (Fsp3) is 0.500. The average molecular weight is 333 g/mol. The molecule has 2 aromatic heterocycles. The van der Waals surface area contributed by atoms with Gasteiger partial charge in [0.05, 0.1) is 19.4 Å². The number of aliphatic hydroxyl groups excluding tert-OH is 1. The Bertz CT molecular complexity index is 749. The summed E-state index contributed by atoms with van der Waals surface area (Å²) < 4.78 is 7.79. The van der Waals surface area contributed by atoms with E-state index in [1.54, 1.807) is 6.20 Å². The number of nitrogens with zero attached hydrogens (tertiary/aromatic N) is 6. The Morgan fingerprint density at radius 3 is 3.00 bits per heavy atom. The first kappa shape index (κ1) is 16.3. The maximum Gasteiger partial charge on any atom is 0.286 e. The normalized spacial score (nSPS) is 14.6. The molecule has 10 nitrogen and oxygen atoms in total. The molecule has 0 aliphatic heterocycles. The van der Waals surface area contributed by atoms with Gasteiger partial charge in [-0.25, -0.2) is 4.68 Å². The Morgan fingerprint density at radius 1 is 1.42 bits per heavy atom. The maximum absolute atomic E-state index is 11.5. The molecule has 10 heteroatoms. The van der Waals surface area contributed by atoms with E-state index >= 15 is 0 Å². The molecule has 3 N–H and O–H groups in total. The lowest BCUT2D eigenvalue weighted by molar-refractivity contribution is 0.0398. The van der Waals surface area contributed by atoms with Crippen LogP contribution in [0.3, 0.4) is 0 Å². The Morgan fingerprint density at radius 2 is 2.29 bits per heavy atom. The highest BCUT2D eigenvalue weighted by Crippen LogP contribution is 2.25. The minimum atomic E-state index is -0.725. The van der Waals surface area contributed by atoms with Gasteiger partial charge in [0.1, 0.15) is 12.4 Å². The van der Waals surface area contributed by atoms with Gasteiger partial charge in [0.25, 0.3) is 11.9 Å². The van der Waals surface area contributed by atoms with Crippen LogP contribution in [0.25, 0.3) is 11.5 Å². The number of aliphatic hydroxyl groups is 1. The van der Waals surface area contributed by atoms with Crippen LogP contribution in [0.2, 0.25) is 0 Å². The number of carbonyl (C=O) groups is 1. The molecule has 0 atom stereocenters. The molecule has 24 heavy (non-hydrogen) atoms. The molecular weight excluding hydrogens is 314 g/mol. The van der Waals surface area contributed by atoms with E-state index < -0.39 is 5.91 Å². The smallest absolute Gasteiger partial charge is 0.286 e. The third-order valence-electron chi connectivity index (χ3n) is 3.65. The Hall–Kier alpha value is -2.59. The number of aromatic nitrogens is 6. The van der Waals surface area contributed by atoms with Crippen LogP contribution in [0.1, 0.15) is 42.0 Å². The zero-order valence-electron chi connectivity index (χ0n) is 13.1. The average Bonchev–Trinajstić information content (AvgIpc) is 3.23. The Labute approximate surface area is 137 Å². The van der Waals surface area contributed by atoms with Crippen molar-refractivity contribution in [1.29, 1.82) is 0 Å². The van der Waals surface area contributed by atoms with Crippen molar-refractivity contribution in [2.45, 2.75) is 32.4 Å². The highest BCUT2D eigenvalue weighted by molar-refractivity contribution is 5.89. The standard InChI is InChI=1S/C14H19N7O3/c15-12(23)13-16-14(18-21(13)9-24-7-6-22)20-8-11(17-19-20)10-4-2-1-3-5-10/h4,8,22H,1-3,5-7,9H2,(H2,15,23). The van der Waals surface area contributed by atoms with E-state index in [1.165, 1.54) is 15.8 Å². The number of ether oxygens (including phenoxy) is 1. The molecule has 0 fully saturated rings. The van der Waals surface area contributed by atoms with Gasteiger partial charge in [-0.3, -0.25) is 4.79 Å². The minimum absolute atomic E-state index is 0.0431. The first-order valence-electron chi connectivity index (χ1n) is 7.74. The van der Waals surface area contributed by atoms with Crippen molar-refractivity contribution in [2.75, 3.05) is 13.2 Å². The van der Waals surface area contributed by atoms with Gasteiger partial charge >= 0.3 is 0 Å². The van der Waals surface area contributed by atoms with Crippen molar-refractivity contribution < 1.29 is 14.6 Å². The first-order valence-corrected chi connectivity index (χ1v) is 7.74. The van der Waals surface area contributed by atoms with Crippen LogP contribution in [0, 0.1) is 0 Å². The number of hydrogen-bond donors (Lipinski definition) is 2. The molecule has 128 valence electrons. The number of carbonyl (C=O) groups excluding carboxylic acids is 1. The monoisotopic (exact) mass is 333 g/mol. The molecular formula is C14H19N7O3. The third-order valence-corrected chi connectivity index (χ3v) is 3.65.